The highest BCUT2D eigenvalue weighted by Crippen LogP contribution is 2.42. The fourth-order valence-electron chi connectivity index (χ4n) is 6.45. The van der Waals surface area contributed by atoms with Gasteiger partial charge in [0.2, 0.25) is 0 Å². The fraction of sp³-hybridized carbons (Fsp3) is 0.474. The van der Waals surface area contributed by atoms with E-state index in [1.54, 1.807) is 0 Å². The Morgan fingerprint density at radius 1 is 0.851 bits per heavy atom. The van der Waals surface area contributed by atoms with Crippen molar-refractivity contribution >= 4 is 12.0 Å². The smallest absolute Gasteiger partial charge is 0.328 e. The first-order valence-corrected chi connectivity index (χ1v) is 16.9. The number of methoxy groups -OCH3 is 1. The predicted molar refractivity (Wildman–Crippen MR) is 180 cm³/mol. The lowest BCUT2D eigenvalue weighted by molar-refractivity contribution is -0.276. The van der Waals surface area contributed by atoms with Gasteiger partial charge in [0.1, 0.15) is 6.04 Å². The largest absolute Gasteiger partial charge is 0.467 e. The highest BCUT2D eigenvalue weighted by Gasteiger charge is 2.39. The van der Waals surface area contributed by atoms with Crippen LogP contribution in [0, 0.1) is 5.92 Å². The Bertz CT molecular complexity index is 1390. The van der Waals surface area contributed by atoms with E-state index in [9.17, 15) is 14.7 Å². The second kappa shape index (κ2) is 17.4. The Balaban J connectivity index is 1.23. The van der Waals surface area contributed by atoms with Gasteiger partial charge in [0.25, 0.3) is 0 Å². The van der Waals surface area contributed by atoms with Gasteiger partial charge < -0.3 is 34.9 Å². The Hall–Kier alpha value is -3.76. The molecule has 252 valence electrons. The normalized spacial score (nSPS) is 22.8. The fourth-order valence-corrected chi connectivity index (χ4v) is 6.45. The predicted octanol–water partition coefficient (Wildman–Crippen LogP) is 5.82. The molecule has 0 radical (unpaired) electrons. The van der Waals surface area contributed by atoms with E-state index in [1.165, 1.54) is 39.2 Å². The van der Waals surface area contributed by atoms with Crippen molar-refractivity contribution in [3.63, 3.8) is 0 Å². The summed E-state index contributed by atoms with van der Waals surface area (Å²) in [4.78, 5) is 27.6. The van der Waals surface area contributed by atoms with E-state index in [0.717, 1.165) is 47.5 Å². The number of carbonyl (C=O) groups is 2. The van der Waals surface area contributed by atoms with E-state index in [2.05, 4.69) is 22.5 Å². The molecule has 0 unspecified atom stereocenters. The molecule has 5 rings (SSSR count). The Morgan fingerprint density at radius 3 is 2.15 bits per heavy atom. The molecule has 2 saturated heterocycles. The van der Waals surface area contributed by atoms with Gasteiger partial charge in [0.05, 0.1) is 25.9 Å². The number of urea groups is 1. The number of nitrogens with zero attached hydrogens (tertiary/aromatic N) is 1. The van der Waals surface area contributed by atoms with E-state index in [0.29, 0.717) is 6.42 Å². The van der Waals surface area contributed by atoms with Crippen LogP contribution in [-0.4, -0.2) is 60.9 Å². The first kappa shape index (κ1) is 34.6. The second-order valence-corrected chi connectivity index (χ2v) is 12.7. The maximum Gasteiger partial charge on any atom is 0.328 e. The van der Waals surface area contributed by atoms with Crippen LogP contribution >= 0.6 is 0 Å². The van der Waals surface area contributed by atoms with Crippen LogP contribution in [0.15, 0.2) is 78.9 Å². The molecule has 2 heterocycles. The number of amides is 2. The summed E-state index contributed by atoms with van der Waals surface area (Å²) >= 11 is 0. The summed E-state index contributed by atoms with van der Waals surface area (Å²) in [5, 5.41) is 15.2. The molecule has 9 heteroatoms. The molecule has 47 heavy (non-hydrogen) atoms. The van der Waals surface area contributed by atoms with Crippen LogP contribution in [0.3, 0.4) is 0 Å². The summed E-state index contributed by atoms with van der Waals surface area (Å²) in [6, 6.07) is 24.2. The number of rotatable bonds is 11. The van der Waals surface area contributed by atoms with Gasteiger partial charge in [-0.2, -0.15) is 0 Å². The summed E-state index contributed by atoms with van der Waals surface area (Å²) in [6.07, 6.45) is 5.94. The van der Waals surface area contributed by atoms with Crippen LogP contribution < -0.4 is 10.6 Å². The third-order valence-corrected chi connectivity index (χ3v) is 9.29. The summed E-state index contributed by atoms with van der Waals surface area (Å²) < 4.78 is 18.3. The van der Waals surface area contributed by atoms with E-state index in [1.807, 2.05) is 78.9 Å². The monoisotopic (exact) mass is 643 g/mol. The number of aliphatic hydroxyl groups is 1. The molecule has 9 nitrogen and oxygen atoms in total. The van der Waals surface area contributed by atoms with Gasteiger partial charge in [-0.15, -0.1) is 0 Å². The van der Waals surface area contributed by atoms with Crippen molar-refractivity contribution < 1.29 is 28.9 Å². The highest BCUT2D eigenvalue weighted by molar-refractivity contribution is 5.83. The minimum atomic E-state index is -0.799. The van der Waals surface area contributed by atoms with Crippen LogP contribution in [-0.2, 0) is 38.6 Å². The van der Waals surface area contributed by atoms with E-state index >= 15 is 0 Å². The minimum absolute atomic E-state index is 0.00704. The average Bonchev–Trinajstić information content (AvgIpc) is 3.09. The third kappa shape index (κ3) is 9.87. The molecule has 0 bridgehead atoms. The lowest BCUT2D eigenvalue weighted by Crippen LogP contribution is -2.47. The van der Waals surface area contributed by atoms with Crippen LogP contribution in [0.1, 0.15) is 79.2 Å². The lowest BCUT2D eigenvalue weighted by atomic mass is 9.89. The number of aliphatic hydroxyl groups excluding tert-OH is 1. The van der Waals surface area contributed by atoms with Gasteiger partial charge in [-0.25, -0.2) is 9.59 Å². The van der Waals surface area contributed by atoms with Gasteiger partial charge in [-0.05, 0) is 48.2 Å². The highest BCUT2D eigenvalue weighted by atomic mass is 16.7. The lowest BCUT2D eigenvalue weighted by Gasteiger charge is -2.43. The van der Waals surface area contributed by atoms with Gasteiger partial charge in [0, 0.05) is 31.0 Å². The maximum absolute atomic E-state index is 12.7. The molecule has 0 aromatic heterocycles. The number of ether oxygens (including phenoxy) is 3. The quantitative estimate of drug-likeness (QED) is 0.226. The Labute approximate surface area is 278 Å². The van der Waals surface area contributed by atoms with Gasteiger partial charge >= 0.3 is 12.0 Å². The zero-order valence-electron chi connectivity index (χ0n) is 27.6. The SMILES string of the molecule is COC(=O)[C@H](Cc1ccccc1)NC(=O)NCc1ccc([C@@H]2O[C@H](CN3CCCCCCC3)[C@H](C)[C@H](c3ccc(CO)cc3)O2)cc1. The Morgan fingerprint density at radius 2 is 1.49 bits per heavy atom. The van der Waals surface area contributed by atoms with Crippen molar-refractivity contribution in [3.8, 4) is 0 Å². The topological polar surface area (TPSA) is 109 Å². The second-order valence-electron chi connectivity index (χ2n) is 12.7. The number of likely N-dealkylation sites (tertiary alicyclic amines) is 1. The maximum atomic E-state index is 12.7. The Kier molecular flexibility index (Phi) is 12.8. The van der Waals surface area contributed by atoms with Crippen molar-refractivity contribution in [3.05, 3.63) is 107 Å². The molecule has 3 aromatic rings. The summed E-state index contributed by atoms with van der Waals surface area (Å²) in [5.74, 6) is -0.364. The number of hydrogen-bond acceptors (Lipinski definition) is 7. The summed E-state index contributed by atoms with van der Waals surface area (Å²) in [7, 11) is 1.31. The standard InChI is InChI=1S/C38H49N3O6/c1-27-34(25-41-21-9-4-3-5-10-22-41)46-37(47-35(27)31-17-15-30(26-42)16-18-31)32-19-13-29(14-20-32)24-39-38(44)40-33(36(43)45-2)23-28-11-7-6-8-12-28/h6-8,11-20,27,33-35,37,42H,3-5,9-10,21-26H2,1-2H3,(H2,39,40,44)/t27-,33-,34+,35+,37+/m0/s1. The van der Waals surface area contributed by atoms with Gasteiger partial charge in [0.15, 0.2) is 6.29 Å². The molecule has 2 aliphatic rings. The van der Waals surface area contributed by atoms with Crippen LogP contribution in [0.4, 0.5) is 4.79 Å². The first-order valence-electron chi connectivity index (χ1n) is 16.9. The van der Waals surface area contributed by atoms with Crippen LogP contribution in [0.25, 0.3) is 0 Å². The third-order valence-electron chi connectivity index (χ3n) is 9.29. The van der Waals surface area contributed by atoms with Crippen molar-refractivity contribution in [2.24, 2.45) is 5.92 Å². The number of benzene rings is 3. The summed E-state index contributed by atoms with van der Waals surface area (Å²) in [6.45, 7) is 5.55. The number of carbonyl (C=O) groups excluding carboxylic acids is 2. The molecule has 3 aromatic carbocycles. The van der Waals surface area contributed by atoms with Crippen LogP contribution in [0.5, 0.6) is 0 Å². The zero-order chi connectivity index (χ0) is 33.0. The van der Waals surface area contributed by atoms with Crippen LogP contribution in [0.2, 0.25) is 0 Å². The zero-order valence-corrected chi connectivity index (χ0v) is 27.6. The molecular formula is C38H49N3O6. The molecule has 2 amide bonds. The molecule has 2 fully saturated rings. The molecule has 3 N–H and O–H groups in total. The van der Waals surface area contributed by atoms with E-state index in [-0.39, 0.29) is 31.3 Å². The van der Waals surface area contributed by atoms with Gasteiger partial charge in [-0.1, -0.05) is 105 Å². The number of nitrogens with one attached hydrogen (secondary N) is 2. The molecule has 0 aliphatic carbocycles. The van der Waals surface area contributed by atoms with Gasteiger partial charge in [-0.3, -0.25) is 0 Å². The van der Waals surface area contributed by atoms with Crippen molar-refractivity contribution in [1.29, 1.82) is 0 Å². The summed E-state index contributed by atoms with van der Waals surface area (Å²) in [5.41, 5.74) is 4.68. The first-order chi connectivity index (χ1) is 22.9. The molecular weight excluding hydrogens is 594 g/mol. The van der Waals surface area contributed by atoms with Crippen molar-refractivity contribution in [2.45, 2.75) is 83.1 Å². The average molecular weight is 644 g/mol. The van der Waals surface area contributed by atoms with Crippen molar-refractivity contribution in [1.82, 2.24) is 15.5 Å². The van der Waals surface area contributed by atoms with E-state index < -0.39 is 24.3 Å². The molecule has 2 aliphatic heterocycles. The number of esters is 1. The molecule has 5 atom stereocenters. The molecule has 0 saturated carbocycles. The van der Waals surface area contributed by atoms with Crippen molar-refractivity contribution in [2.75, 3.05) is 26.7 Å². The van der Waals surface area contributed by atoms with E-state index in [4.69, 9.17) is 14.2 Å². The minimum Gasteiger partial charge on any atom is -0.467 e. The number of hydrogen-bond donors (Lipinski definition) is 3. The molecule has 0 spiro atoms.